The largest absolute Gasteiger partial charge is 0.756 e. The summed E-state index contributed by atoms with van der Waals surface area (Å²) in [6.07, 6.45) is -1.83. The van der Waals surface area contributed by atoms with Gasteiger partial charge in [-0.05, 0) is 6.42 Å². The molecule has 0 spiro atoms. The summed E-state index contributed by atoms with van der Waals surface area (Å²) < 4.78 is 24.3. The Hall–Kier alpha value is -0.500. The number of hydrogen-bond donors (Lipinski definition) is 2. The SMILES string of the molecule is CCC(O)COP(=O)([O-])OCC(O)COC(C)=O. The second kappa shape index (κ2) is 8.58. The summed E-state index contributed by atoms with van der Waals surface area (Å²) in [5.41, 5.74) is 0. The Kier molecular flexibility index (Phi) is 8.34. The van der Waals surface area contributed by atoms with Crippen LogP contribution in [-0.4, -0.2) is 48.2 Å². The van der Waals surface area contributed by atoms with Gasteiger partial charge in [0, 0.05) is 6.92 Å². The number of carbonyl (C=O) groups excluding carboxylic acids is 1. The van der Waals surface area contributed by atoms with Crippen molar-refractivity contribution in [1.29, 1.82) is 0 Å². The van der Waals surface area contributed by atoms with E-state index in [4.69, 9.17) is 5.11 Å². The molecule has 0 heterocycles. The van der Waals surface area contributed by atoms with E-state index in [1.54, 1.807) is 6.92 Å². The molecule has 0 aliphatic carbocycles. The lowest BCUT2D eigenvalue weighted by Crippen LogP contribution is -2.25. The van der Waals surface area contributed by atoms with E-state index in [2.05, 4.69) is 13.8 Å². The molecule has 8 nitrogen and oxygen atoms in total. The molecule has 0 aliphatic rings. The fourth-order valence-electron chi connectivity index (χ4n) is 0.771. The molecule has 108 valence electrons. The van der Waals surface area contributed by atoms with Crippen molar-refractivity contribution in [1.82, 2.24) is 0 Å². The number of aliphatic hydroxyl groups is 2. The van der Waals surface area contributed by atoms with Gasteiger partial charge in [0.2, 0.25) is 0 Å². The molecule has 3 atom stereocenters. The van der Waals surface area contributed by atoms with E-state index in [9.17, 15) is 19.4 Å². The molecule has 0 fully saturated rings. The fourth-order valence-corrected chi connectivity index (χ4v) is 1.56. The molecule has 3 unspecified atom stereocenters. The van der Waals surface area contributed by atoms with Crippen molar-refractivity contribution in [3.63, 3.8) is 0 Å². The smallest absolute Gasteiger partial charge is 0.302 e. The third-order valence-corrected chi connectivity index (χ3v) is 2.73. The molecule has 0 aliphatic heterocycles. The van der Waals surface area contributed by atoms with Crippen molar-refractivity contribution in [3.05, 3.63) is 0 Å². The molecular weight excluding hydrogens is 267 g/mol. The van der Waals surface area contributed by atoms with Crippen LogP contribution in [-0.2, 0) is 23.1 Å². The Labute approximate surface area is 105 Å². The molecule has 0 rings (SSSR count). The third kappa shape index (κ3) is 9.52. The predicted octanol–water partition coefficient (Wildman–Crippen LogP) is -0.817. The lowest BCUT2D eigenvalue weighted by atomic mass is 10.3. The molecule has 0 saturated heterocycles. The van der Waals surface area contributed by atoms with Crippen LogP contribution in [0.4, 0.5) is 0 Å². The maximum atomic E-state index is 11.1. The molecule has 9 heteroatoms. The van der Waals surface area contributed by atoms with E-state index in [1.807, 2.05) is 0 Å². The zero-order valence-electron chi connectivity index (χ0n) is 10.3. The monoisotopic (exact) mass is 285 g/mol. The van der Waals surface area contributed by atoms with Crippen molar-refractivity contribution >= 4 is 13.8 Å². The van der Waals surface area contributed by atoms with E-state index < -0.39 is 39.2 Å². The Morgan fingerprint density at radius 2 is 1.72 bits per heavy atom. The van der Waals surface area contributed by atoms with Crippen LogP contribution in [0, 0.1) is 0 Å². The van der Waals surface area contributed by atoms with E-state index >= 15 is 0 Å². The average Bonchev–Trinajstić information content (AvgIpc) is 2.31. The zero-order valence-corrected chi connectivity index (χ0v) is 11.2. The van der Waals surface area contributed by atoms with Crippen LogP contribution in [0.2, 0.25) is 0 Å². The van der Waals surface area contributed by atoms with Crippen LogP contribution in [0.5, 0.6) is 0 Å². The lowest BCUT2D eigenvalue weighted by molar-refractivity contribution is -0.229. The molecule has 0 radical (unpaired) electrons. The second-order valence-corrected chi connectivity index (χ2v) is 4.97. The molecule has 0 aromatic rings. The van der Waals surface area contributed by atoms with E-state index in [0.29, 0.717) is 6.42 Å². The van der Waals surface area contributed by atoms with E-state index in [1.165, 1.54) is 0 Å². The first-order valence-corrected chi connectivity index (χ1v) is 6.82. The normalized spacial score (nSPS) is 17.8. The molecule has 2 N–H and O–H groups in total. The summed E-state index contributed by atoms with van der Waals surface area (Å²) in [6.45, 7) is 1.45. The summed E-state index contributed by atoms with van der Waals surface area (Å²) in [4.78, 5) is 21.6. The van der Waals surface area contributed by atoms with Crippen molar-refractivity contribution in [2.24, 2.45) is 0 Å². The summed E-state index contributed by atoms with van der Waals surface area (Å²) in [6, 6.07) is 0. The van der Waals surface area contributed by atoms with Crippen molar-refractivity contribution < 1.29 is 38.3 Å². The van der Waals surface area contributed by atoms with Gasteiger partial charge in [-0.3, -0.25) is 9.36 Å². The number of phosphoric acid groups is 1. The molecule has 0 amide bonds. The van der Waals surface area contributed by atoms with Crippen LogP contribution < -0.4 is 4.89 Å². The maximum Gasteiger partial charge on any atom is 0.302 e. The quantitative estimate of drug-likeness (QED) is 0.416. The highest BCUT2D eigenvalue weighted by atomic mass is 31.2. The Bertz CT molecular complexity index is 294. The minimum absolute atomic E-state index is 0.342. The van der Waals surface area contributed by atoms with Gasteiger partial charge >= 0.3 is 5.97 Å². The highest BCUT2D eigenvalue weighted by Crippen LogP contribution is 2.38. The number of hydrogen-bond acceptors (Lipinski definition) is 8. The second-order valence-electron chi connectivity index (χ2n) is 3.56. The molecule has 0 saturated carbocycles. The molecule has 18 heavy (non-hydrogen) atoms. The number of carbonyl (C=O) groups is 1. The van der Waals surface area contributed by atoms with Gasteiger partial charge in [0.1, 0.15) is 12.7 Å². The minimum Gasteiger partial charge on any atom is -0.756 e. The minimum atomic E-state index is -4.57. The molecule has 0 aromatic carbocycles. The summed E-state index contributed by atoms with van der Waals surface area (Å²) in [7, 11) is -4.57. The Morgan fingerprint density at radius 1 is 1.22 bits per heavy atom. The van der Waals surface area contributed by atoms with Crippen LogP contribution in [0.25, 0.3) is 0 Å². The highest BCUT2D eigenvalue weighted by Gasteiger charge is 2.15. The topological polar surface area (TPSA) is 125 Å². The van der Waals surface area contributed by atoms with Gasteiger partial charge in [0.05, 0.1) is 19.3 Å². The van der Waals surface area contributed by atoms with Crippen molar-refractivity contribution in [2.75, 3.05) is 19.8 Å². The standard InChI is InChI=1S/C9H19O8P/c1-3-8(11)5-16-18(13,14)17-6-9(12)4-15-7(2)10/h8-9,11-12H,3-6H2,1-2H3,(H,13,14)/p-1. The first-order valence-electron chi connectivity index (χ1n) is 5.36. The number of ether oxygens (including phenoxy) is 1. The first kappa shape index (κ1) is 17.5. The van der Waals surface area contributed by atoms with E-state index in [0.717, 1.165) is 6.92 Å². The zero-order chi connectivity index (χ0) is 14.2. The van der Waals surface area contributed by atoms with Gasteiger partial charge < -0.3 is 28.9 Å². The van der Waals surface area contributed by atoms with Gasteiger partial charge in [-0.1, -0.05) is 6.92 Å². The van der Waals surface area contributed by atoms with Crippen LogP contribution in [0.15, 0.2) is 0 Å². The van der Waals surface area contributed by atoms with Crippen molar-refractivity contribution in [2.45, 2.75) is 32.5 Å². The molecule has 0 bridgehead atoms. The number of rotatable bonds is 9. The maximum absolute atomic E-state index is 11.1. The summed E-state index contributed by atoms with van der Waals surface area (Å²) >= 11 is 0. The van der Waals surface area contributed by atoms with Gasteiger partial charge in [-0.2, -0.15) is 0 Å². The van der Waals surface area contributed by atoms with E-state index in [-0.39, 0.29) is 6.61 Å². The van der Waals surface area contributed by atoms with Crippen LogP contribution >= 0.6 is 7.82 Å². The predicted molar refractivity (Wildman–Crippen MR) is 58.4 cm³/mol. The lowest BCUT2D eigenvalue weighted by Gasteiger charge is -2.24. The summed E-state index contributed by atoms with van der Waals surface area (Å²) in [5.74, 6) is -0.596. The number of aliphatic hydroxyl groups excluding tert-OH is 2. The van der Waals surface area contributed by atoms with Crippen molar-refractivity contribution in [3.8, 4) is 0 Å². The van der Waals surface area contributed by atoms with Gasteiger partial charge in [0.15, 0.2) is 0 Å². The average molecular weight is 285 g/mol. The number of esters is 1. The van der Waals surface area contributed by atoms with Gasteiger partial charge in [-0.25, -0.2) is 0 Å². The molecule has 0 aromatic heterocycles. The van der Waals surface area contributed by atoms with Crippen LogP contribution in [0.1, 0.15) is 20.3 Å². The van der Waals surface area contributed by atoms with Gasteiger partial charge in [-0.15, -0.1) is 0 Å². The Balaban J connectivity index is 3.87. The first-order chi connectivity index (χ1) is 8.26. The van der Waals surface area contributed by atoms with Crippen LogP contribution in [0.3, 0.4) is 0 Å². The van der Waals surface area contributed by atoms with Gasteiger partial charge in [0.25, 0.3) is 7.82 Å². The summed E-state index contributed by atoms with van der Waals surface area (Å²) in [5, 5.41) is 18.3. The third-order valence-electron chi connectivity index (χ3n) is 1.80. The molecular formula is C9H18O8P-. The highest BCUT2D eigenvalue weighted by molar-refractivity contribution is 7.45. The number of phosphoric ester groups is 1. The fraction of sp³-hybridized carbons (Fsp3) is 0.889. The Morgan fingerprint density at radius 3 is 2.17 bits per heavy atom.